The van der Waals surface area contributed by atoms with Crippen molar-refractivity contribution >= 4 is 17.5 Å². The van der Waals surface area contributed by atoms with Crippen LogP contribution in [0.5, 0.6) is 0 Å². The molecule has 1 aromatic carbocycles. The Morgan fingerprint density at radius 3 is 2.68 bits per heavy atom. The lowest BCUT2D eigenvalue weighted by molar-refractivity contribution is -0.136. The number of rotatable bonds is 3. The molecule has 0 bridgehead atoms. The number of aromatic nitrogens is 3. The summed E-state index contributed by atoms with van der Waals surface area (Å²) in [5.74, 6) is 2.18. The summed E-state index contributed by atoms with van der Waals surface area (Å²) in [6, 6.07) is 7.77. The molecule has 2 atom stereocenters. The molecule has 7 heteroatoms. The number of fused-ring (bicyclic) bond motifs is 1. The number of nitrogens with zero attached hydrogens (tertiary/aromatic N) is 4. The monoisotopic (exact) mass is 421 g/mol. The third-order valence-electron chi connectivity index (χ3n) is 7.33. The van der Waals surface area contributed by atoms with E-state index in [1.54, 1.807) is 11.9 Å². The van der Waals surface area contributed by atoms with Crippen molar-refractivity contribution in [2.75, 3.05) is 25.0 Å². The molecule has 5 rings (SSSR count). The summed E-state index contributed by atoms with van der Waals surface area (Å²) in [5, 5.41) is 7.73. The van der Waals surface area contributed by atoms with Crippen LogP contribution in [0.15, 0.2) is 24.3 Å². The summed E-state index contributed by atoms with van der Waals surface area (Å²) in [6.45, 7) is 1.36. The van der Waals surface area contributed by atoms with E-state index in [2.05, 4.69) is 10.2 Å². The van der Waals surface area contributed by atoms with E-state index in [1.165, 1.54) is 32.1 Å². The highest BCUT2D eigenvalue weighted by Crippen LogP contribution is 2.38. The minimum Gasteiger partial charge on any atom is -0.341 e. The minimum absolute atomic E-state index is 0.00305. The number of anilines is 1. The molecule has 2 aliphatic heterocycles. The number of para-hydroxylation sites is 1. The van der Waals surface area contributed by atoms with Crippen LogP contribution in [-0.4, -0.2) is 52.0 Å². The Balaban J connectivity index is 1.32. The van der Waals surface area contributed by atoms with Crippen LogP contribution in [0.25, 0.3) is 0 Å². The Bertz CT molecular complexity index is 964. The molecule has 164 valence electrons. The maximum atomic E-state index is 13.5. The zero-order valence-corrected chi connectivity index (χ0v) is 18.2. The summed E-state index contributed by atoms with van der Waals surface area (Å²) < 4.78 is 0. The van der Waals surface area contributed by atoms with Crippen molar-refractivity contribution < 1.29 is 9.59 Å². The topological polar surface area (TPSA) is 82.2 Å². The largest absolute Gasteiger partial charge is 0.341 e. The first-order valence-electron chi connectivity index (χ1n) is 11.7. The molecule has 1 saturated heterocycles. The average molecular weight is 422 g/mol. The third kappa shape index (κ3) is 3.86. The summed E-state index contributed by atoms with van der Waals surface area (Å²) in [4.78, 5) is 34.5. The first-order chi connectivity index (χ1) is 15.1. The number of hydrogen-bond acceptors (Lipinski definition) is 4. The normalized spacial score (nSPS) is 24.9. The van der Waals surface area contributed by atoms with E-state index in [0.29, 0.717) is 12.5 Å². The van der Waals surface area contributed by atoms with Crippen LogP contribution < -0.4 is 4.90 Å². The fourth-order valence-corrected chi connectivity index (χ4v) is 5.50. The van der Waals surface area contributed by atoms with Gasteiger partial charge in [-0.05, 0) is 37.3 Å². The highest BCUT2D eigenvalue weighted by Gasteiger charge is 2.38. The van der Waals surface area contributed by atoms with Gasteiger partial charge in [0.15, 0.2) is 5.82 Å². The number of H-pyrrole nitrogens is 1. The van der Waals surface area contributed by atoms with Crippen molar-refractivity contribution in [2.24, 2.45) is 0 Å². The number of likely N-dealkylation sites (tertiary alicyclic amines) is 1. The molecule has 3 heterocycles. The van der Waals surface area contributed by atoms with Crippen molar-refractivity contribution in [3.8, 4) is 0 Å². The van der Waals surface area contributed by atoms with Gasteiger partial charge in [0, 0.05) is 44.1 Å². The Labute approximate surface area is 183 Å². The van der Waals surface area contributed by atoms with Gasteiger partial charge in [-0.25, -0.2) is 4.98 Å². The van der Waals surface area contributed by atoms with Gasteiger partial charge in [0.25, 0.3) is 0 Å². The highest BCUT2D eigenvalue weighted by atomic mass is 16.2. The lowest BCUT2D eigenvalue weighted by atomic mass is 9.87. The molecule has 0 radical (unpaired) electrons. The zero-order chi connectivity index (χ0) is 21.4. The molecular formula is C24H31N5O2. The molecule has 7 nitrogen and oxygen atoms in total. The summed E-state index contributed by atoms with van der Waals surface area (Å²) in [6.07, 6.45) is 8.40. The minimum atomic E-state index is -0.399. The molecule has 2 fully saturated rings. The van der Waals surface area contributed by atoms with E-state index in [0.717, 1.165) is 42.3 Å². The number of aromatic amines is 1. The van der Waals surface area contributed by atoms with Crippen LogP contribution in [0.1, 0.15) is 86.3 Å². The standard InChI is InChI=1S/C24H31N5O2/c1-28-20-12-6-5-11-18(20)19(14-21(28)30)24(31)29-13-7-10-17(15-29)23-25-22(26-27-23)16-8-3-2-4-9-16/h5-6,11-12,16-17,19H,2-4,7-10,13-15H2,1H3,(H,25,26,27). The molecule has 3 aliphatic rings. The molecule has 1 aromatic heterocycles. The number of carbonyl (C=O) groups excluding carboxylic acids is 2. The van der Waals surface area contributed by atoms with Crippen LogP contribution in [0, 0.1) is 0 Å². The van der Waals surface area contributed by atoms with E-state index in [9.17, 15) is 9.59 Å². The number of nitrogens with one attached hydrogen (secondary N) is 1. The first-order valence-corrected chi connectivity index (χ1v) is 11.7. The zero-order valence-electron chi connectivity index (χ0n) is 18.2. The molecule has 2 unspecified atom stereocenters. The van der Waals surface area contributed by atoms with Crippen molar-refractivity contribution in [1.29, 1.82) is 0 Å². The van der Waals surface area contributed by atoms with Crippen molar-refractivity contribution in [3.05, 3.63) is 41.5 Å². The average Bonchev–Trinajstić information content (AvgIpc) is 3.32. The molecule has 1 aliphatic carbocycles. The van der Waals surface area contributed by atoms with Gasteiger partial charge in [0.2, 0.25) is 11.8 Å². The summed E-state index contributed by atoms with van der Waals surface area (Å²) in [5.41, 5.74) is 1.80. The molecular weight excluding hydrogens is 390 g/mol. The van der Waals surface area contributed by atoms with Gasteiger partial charge in [-0.15, -0.1) is 0 Å². The first kappa shape index (κ1) is 20.2. The van der Waals surface area contributed by atoms with Crippen molar-refractivity contribution in [3.63, 3.8) is 0 Å². The second-order valence-corrected chi connectivity index (χ2v) is 9.31. The SMILES string of the molecule is CN1C(=O)CC(C(=O)N2CCCC(c3n[nH]c(C4CCCCC4)n3)C2)c2ccccc21. The van der Waals surface area contributed by atoms with E-state index in [4.69, 9.17) is 4.98 Å². The van der Waals surface area contributed by atoms with E-state index in [1.807, 2.05) is 29.2 Å². The van der Waals surface area contributed by atoms with Gasteiger partial charge in [-0.3, -0.25) is 14.7 Å². The molecule has 1 N–H and O–H groups in total. The lowest BCUT2D eigenvalue weighted by Crippen LogP contribution is -2.45. The Morgan fingerprint density at radius 1 is 1.06 bits per heavy atom. The molecule has 0 spiro atoms. The number of carbonyl (C=O) groups is 2. The summed E-state index contributed by atoms with van der Waals surface area (Å²) in [7, 11) is 1.78. The van der Waals surface area contributed by atoms with Crippen molar-refractivity contribution in [2.45, 2.75) is 69.1 Å². The van der Waals surface area contributed by atoms with Crippen molar-refractivity contribution in [1.82, 2.24) is 20.1 Å². The lowest BCUT2D eigenvalue weighted by Gasteiger charge is -2.37. The predicted octanol–water partition coefficient (Wildman–Crippen LogP) is 3.71. The molecule has 1 saturated carbocycles. The fourth-order valence-electron chi connectivity index (χ4n) is 5.50. The van der Waals surface area contributed by atoms with Gasteiger partial charge < -0.3 is 9.80 Å². The van der Waals surface area contributed by atoms with Crippen LogP contribution in [0.4, 0.5) is 5.69 Å². The van der Waals surface area contributed by atoms with Crippen LogP contribution in [0.3, 0.4) is 0 Å². The Hall–Kier alpha value is -2.70. The Morgan fingerprint density at radius 2 is 1.84 bits per heavy atom. The fraction of sp³-hybridized carbons (Fsp3) is 0.583. The van der Waals surface area contributed by atoms with Gasteiger partial charge in [0.05, 0.1) is 5.92 Å². The predicted molar refractivity (Wildman–Crippen MR) is 118 cm³/mol. The molecule has 2 aromatic rings. The van der Waals surface area contributed by atoms with E-state index >= 15 is 0 Å². The number of piperidine rings is 1. The molecule has 2 amide bonds. The maximum Gasteiger partial charge on any atom is 0.230 e. The Kier molecular flexibility index (Phi) is 5.50. The second-order valence-electron chi connectivity index (χ2n) is 9.31. The number of benzene rings is 1. The maximum absolute atomic E-state index is 13.5. The van der Waals surface area contributed by atoms with Gasteiger partial charge in [-0.2, -0.15) is 5.10 Å². The van der Waals surface area contributed by atoms with Crippen LogP contribution in [0.2, 0.25) is 0 Å². The van der Waals surface area contributed by atoms with E-state index < -0.39 is 5.92 Å². The van der Waals surface area contributed by atoms with Crippen LogP contribution in [-0.2, 0) is 9.59 Å². The van der Waals surface area contributed by atoms with Gasteiger partial charge >= 0.3 is 0 Å². The molecule has 31 heavy (non-hydrogen) atoms. The summed E-state index contributed by atoms with van der Waals surface area (Å²) >= 11 is 0. The highest BCUT2D eigenvalue weighted by molar-refractivity contribution is 6.02. The van der Waals surface area contributed by atoms with E-state index in [-0.39, 0.29) is 24.2 Å². The number of amides is 2. The third-order valence-corrected chi connectivity index (χ3v) is 7.33. The van der Waals surface area contributed by atoms with Crippen LogP contribution >= 0.6 is 0 Å². The second kappa shape index (κ2) is 8.44. The van der Waals surface area contributed by atoms with Gasteiger partial charge in [-0.1, -0.05) is 37.5 Å². The quantitative estimate of drug-likeness (QED) is 0.819. The van der Waals surface area contributed by atoms with Gasteiger partial charge in [0.1, 0.15) is 5.82 Å². The smallest absolute Gasteiger partial charge is 0.230 e. The number of hydrogen-bond donors (Lipinski definition) is 1.